The highest BCUT2D eigenvalue weighted by Gasteiger charge is 2.31. The zero-order chi connectivity index (χ0) is 19.3. The zero-order valence-electron chi connectivity index (χ0n) is 14.1. The molecular weight excluding hydrogens is 392 g/mol. The Balaban J connectivity index is 2.05. The van der Waals surface area contributed by atoms with Crippen molar-refractivity contribution in [2.75, 3.05) is 11.9 Å². The molecule has 0 aliphatic heterocycles. The minimum absolute atomic E-state index is 0.0667. The van der Waals surface area contributed by atoms with Crippen LogP contribution in [0.4, 0.5) is 19.0 Å². The molecule has 1 unspecified atom stereocenters. The van der Waals surface area contributed by atoms with Gasteiger partial charge in [-0.1, -0.05) is 37.0 Å². The van der Waals surface area contributed by atoms with Crippen LogP contribution in [0.3, 0.4) is 0 Å². The smallest absolute Gasteiger partial charge is 0.417 e. The average molecular weight is 409 g/mol. The molecule has 142 valence electrons. The number of pyridine rings is 1. The summed E-state index contributed by atoms with van der Waals surface area (Å²) in [7, 11) is 0. The van der Waals surface area contributed by atoms with Crippen LogP contribution in [-0.2, 0) is 12.6 Å². The van der Waals surface area contributed by atoms with E-state index in [1.807, 2.05) is 13.8 Å². The molecule has 0 saturated heterocycles. The van der Waals surface area contributed by atoms with Crippen molar-refractivity contribution in [1.82, 2.24) is 15.0 Å². The van der Waals surface area contributed by atoms with Gasteiger partial charge in [-0.05, 0) is 18.9 Å². The molecule has 26 heavy (non-hydrogen) atoms. The third kappa shape index (κ3) is 5.11. The molecule has 2 heterocycles. The molecule has 5 nitrogen and oxygen atoms in total. The largest absolute Gasteiger partial charge is 0.474 e. The van der Waals surface area contributed by atoms with E-state index in [2.05, 4.69) is 20.3 Å². The number of alkyl halides is 3. The first-order valence-corrected chi connectivity index (χ1v) is 8.63. The number of hydrogen-bond donors (Lipinski definition) is 1. The maximum Gasteiger partial charge on any atom is 0.417 e. The van der Waals surface area contributed by atoms with Gasteiger partial charge in [0.25, 0.3) is 0 Å². The lowest BCUT2D eigenvalue weighted by molar-refractivity contribution is -0.137. The Morgan fingerprint density at radius 1 is 1.19 bits per heavy atom. The predicted molar refractivity (Wildman–Crippen MR) is 93.9 cm³/mol. The van der Waals surface area contributed by atoms with Gasteiger partial charge in [0, 0.05) is 6.20 Å². The molecule has 10 heteroatoms. The Bertz CT molecular complexity index is 759. The molecule has 2 aromatic heterocycles. The van der Waals surface area contributed by atoms with Crippen LogP contribution < -0.4 is 10.1 Å². The Labute approximate surface area is 158 Å². The van der Waals surface area contributed by atoms with Gasteiger partial charge in [-0.2, -0.15) is 13.2 Å². The zero-order valence-corrected chi connectivity index (χ0v) is 15.6. The molecule has 0 aliphatic rings. The van der Waals surface area contributed by atoms with E-state index in [0.717, 1.165) is 6.07 Å². The molecule has 0 bridgehead atoms. The van der Waals surface area contributed by atoms with Crippen molar-refractivity contribution in [2.24, 2.45) is 0 Å². The first-order chi connectivity index (χ1) is 12.3. The topological polar surface area (TPSA) is 59.9 Å². The number of anilines is 1. The van der Waals surface area contributed by atoms with Crippen molar-refractivity contribution in [3.8, 4) is 5.88 Å². The molecule has 0 aromatic carbocycles. The van der Waals surface area contributed by atoms with Gasteiger partial charge < -0.3 is 10.1 Å². The molecular formula is C16H17Cl2F3N4O. The number of aromatic nitrogens is 3. The van der Waals surface area contributed by atoms with Crippen molar-refractivity contribution in [3.63, 3.8) is 0 Å². The molecule has 1 atom stereocenters. The lowest BCUT2D eigenvalue weighted by Crippen LogP contribution is -2.27. The fraction of sp³-hybridized carbons (Fsp3) is 0.438. The minimum Gasteiger partial charge on any atom is -0.474 e. The second kappa shape index (κ2) is 8.73. The van der Waals surface area contributed by atoms with Gasteiger partial charge in [-0.3, -0.25) is 0 Å². The van der Waals surface area contributed by atoms with Crippen LogP contribution in [0.1, 0.15) is 31.5 Å². The van der Waals surface area contributed by atoms with E-state index in [-0.39, 0.29) is 23.6 Å². The van der Waals surface area contributed by atoms with Gasteiger partial charge in [0.2, 0.25) is 5.88 Å². The first kappa shape index (κ1) is 20.5. The quantitative estimate of drug-likeness (QED) is 0.695. The fourth-order valence-electron chi connectivity index (χ4n) is 2.07. The molecule has 2 rings (SSSR count). The number of rotatable bonds is 7. The summed E-state index contributed by atoms with van der Waals surface area (Å²) in [4.78, 5) is 11.8. The van der Waals surface area contributed by atoms with E-state index >= 15 is 0 Å². The van der Waals surface area contributed by atoms with Crippen LogP contribution in [-0.4, -0.2) is 27.6 Å². The monoisotopic (exact) mass is 408 g/mol. The van der Waals surface area contributed by atoms with Crippen molar-refractivity contribution >= 4 is 29.0 Å². The Morgan fingerprint density at radius 2 is 1.92 bits per heavy atom. The average Bonchev–Trinajstić information content (AvgIpc) is 2.60. The highest BCUT2D eigenvalue weighted by Crippen LogP contribution is 2.33. The van der Waals surface area contributed by atoms with E-state index in [9.17, 15) is 13.2 Å². The van der Waals surface area contributed by atoms with E-state index in [0.29, 0.717) is 35.6 Å². The molecule has 0 radical (unpaired) electrons. The van der Waals surface area contributed by atoms with E-state index in [1.165, 1.54) is 6.33 Å². The minimum atomic E-state index is -4.51. The van der Waals surface area contributed by atoms with Gasteiger partial charge in [-0.15, -0.1) is 0 Å². The van der Waals surface area contributed by atoms with Gasteiger partial charge in [-0.25, -0.2) is 15.0 Å². The lowest BCUT2D eigenvalue weighted by atomic mass is 10.2. The van der Waals surface area contributed by atoms with Crippen LogP contribution in [0, 0.1) is 0 Å². The SMILES string of the molecule is CCc1ncnc(NC(CC)COc2ncc(C(F)(F)F)cc2Cl)c1Cl. The Morgan fingerprint density at radius 3 is 2.50 bits per heavy atom. The molecule has 1 N–H and O–H groups in total. The standard InChI is InChI=1S/C16H17Cl2F3N4O/c1-3-10(25-14-13(18)12(4-2)23-8-24-14)7-26-15-11(17)5-9(6-22-15)16(19,20)21/h5-6,8,10H,3-4,7H2,1-2H3,(H,23,24,25). The third-order valence-electron chi connectivity index (χ3n) is 3.59. The van der Waals surface area contributed by atoms with E-state index in [1.54, 1.807) is 0 Å². The summed E-state index contributed by atoms with van der Waals surface area (Å²) in [6.45, 7) is 3.96. The van der Waals surface area contributed by atoms with Crippen molar-refractivity contribution in [2.45, 2.75) is 38.9 Å². The van der Waals surface area contributed by atoms with Crippen molar-refractivity contribution < 1.29 is 17.9 Å². The number of aryl methyl sites for hydroxylation is 1. The van der Waals surface area contributed by atoms with Gasteiger partial charge in [0.1, 0.15) is 28.8 Å². The van der Waals surface area contributed by atoms with Gasteiger partial charge in [0.05, 0.1) is 17.3 Å². The summed E-state index contributed by atoms with van der Waals surface area (Å²) >= 11 is 12.1. The van der Waals surface area contributed by atoms with Crippen LogP contribution in [0.15, 0.2) is 18.6 Å². The van der Waals surface area contributed by atoms with Crippen LogP contribution >= 0.6 is 23.2 Å². The van der Waals surface area contributed by atoms with Crippen molar-refractivity contribution in [1.29, 1.82) is 0 Å². The molecule has 0 saturated carbocycles. The maximum atomic E-state index is 12.6. The fourth-order valence-corrected chi connectivity index (χ4v) is 2.58. The summed E-state index contributed by atoms with van der Waals surface area (Å²) in [6.07, 6.45) is -1.10. The van der Waals surface area contributed by atoms with Gasteiger partial charge in [0.15, 0.2) is 0 Å². The second-order valence-corrected chi connectivity index (χ2v) is 6.19. The Kier molecular flexibility index (Phi) is 6.88. The highest BCUT2D eigenvalue weighted by atomic mass is 35.5. The van der Waals surface area contributed by atoms with E-state index in [4.69, 9.17) is 27.9 Å². The molecule has 0 spiro atoms. The number of nitrogens with zero attached hydrogens (tertiary/aromatic N) is 3. The lowest BCUT2D eigenvalue weighted by Gasteiger charge is -2.19. The Hall–Kier alpha value is -1.80. The number of nitrogens with one attached hydrogen (secondary N) is 1. The summed E-state index contributed by atoms with van der Waals surface area (Å²) in [5, 5.41) is 3.36. The normalized spacial score (nSPS) is 12.7. The van der Waals surface area contributed by atoms with Gasteiger partial charge >= 0.3 is 6.18 Å². The van der Waals surface area contributed by atoms with Crippen LogP contribution in [0.5, 0.6) is 5.88 Å². The van der Waals surface area contributed by atoms with E-state index < -0.39 is 11.7 Å². The number of hydrogen-bond acceptors (Lipinski definition) is 5. The predicted octanol–water partition coefficient (Wildman–Crippen LogP) is 5.03. The van der Waals surface area contributed by atoms with Crippen molar-refractivity contribution in [3.05, 3.63) is 39.9 Å². The number of ether oxygens (including phenoxy) is 1. The van der Waals surface area contributed by atoms with Crippen LogP contribution in [0.2, 0.25) is 10.0 Å². The number of halogens is 5. The molecule has 0 aliphatic carbocycles. The first-order valence-electron chi connectivity index (χ1n) is 7.87. The third-order valence-corrected chi connectivity index (χ3v) is 4.25. The summed E-state index contributed by atoms with van der Waals surface area (Å²) in [5.41, 5.74) is -0.215. The maximum absolute atomic E-state index is 12.6. The summed E-state index contributed by atoms with van der Waals surface area (Å²) in [5.74, 6) is 0.406. The molecule has 0 amide bonds. The highest BCUT2D eigenvalue weighted by molar-refractivity contribution is 6.33. The summed E-state index contributed by atoms with van der Waals surface area (Å²) < 4.78 is 43.4. The molecule has 2 aromatic rings. The van der Waals surface area contributed by atoms with Crippen LogP contribution in [0.25, 0.3) is 0 Å². The second-order valence-electron chi connectivity index (χ2n) is 5.41. The molecule has 0 fully saturated rings. The summed E-state index contributed by atoms with van der Waals surface area (Å²) in [6, 6.07) is 0.583.